The van der Waals surface area contributed by atoms with E-state index in [2.05, 4.69) is 0 Å². The Labute approximate surface area is 481 Å². The summed E-state index contributed by atoms with van der Waals surface area (Å²) >= 11 is 3.90. The van der Waals surface area contributed by atoms with E-state index in [4.69, 9.17) is 9.05 Å². The molecule has 83 heavy (non-hydrogen) atoms. The molecule has 0 spiro atoms. The molecular weight excluding hydrogens is 1200 g/mol. The van der Waals surface area contributed by atoms with Gasteiger partial charge in [0.05, 0.1) is 19.0 Å². The quantitative estimate of drug-likeness (QED) is 0.138. The van der Waals surface area contributed by atoms with Crippen molar-refractivity contribution in [1.29, 1.82) is 0 Å². The molecule has 0 radical (unpaired) electrons. The van der Waals surface area contributed by atoms with Crippen LogP contribution in [-0.4, -0.2) is 59.4 Å². The normalized spacial score (nSPS) is 30.0. The summed E-state index contributed by atoms with van der Waals surface area (Å²) in [4.78, 5) is 12.9. The lowest BCUT2D eigenvalue weighted by Gasteiger charge is -2.47. The predicted molar refractivity (Wildman–Crippen MR) is 305 cm³/mol. The van der Waals surface area contributed by atoms with Gasteiger partial charge in [0, 0.05) is 64.2 Å². The van der Waals surface area contributed by atoms with Gasteiger partial charge in [-0.15, -0.1) is 47.0 Å². The molecule has 9 aliphatic rings. The van der Waals surface area contributed by atoms with Crippen molar-refractivity contribution in [3.8, 4) is 22.6 Å². The van der Waals surface area contributed by atoms with Gasteiger partial charge in [0.25, 0.3) is 0 Å². The van der Waals surface area contributed by atoms with E-state index in [1.807, 2.05) is 0 Å². The van der Waals surface area contributed by atoms with Gasteiger partial charge in [-0.25, -0.2) is 4.57 Å². The van der Waals surface area contributed by atoms with Crippen LogP contribution in [0.4, 0.5) is 52.7 Å². The van der Waals surface area contributed by atoms with E-state index >= 15 is 52.7 Å². The van der Waals surface area contributed by atoms with E-state index < -0.39 is 107 Å². The van der Waals surface area contributed by atoms with Crippen molar-refractivity contribution >= 4 is 96.0 Å². The summed E-state index contributed by atoms with van der Waals surface area (Å²) in [6, 6.07) is 33.2. The lowest BCUT2D eigenvalue weighted by molar-refractivity contribution is -0.258. The van der Waals surface area contributed by atoms with Crippen LogP contribution in [0.5, 0.6) is 11.5 Å². The minimum absolute atomic E-state index is 0.00121. The highest BCUT2D eigenvalue weighted by Crippen LogP contribution is 2.79. The minimum atomic E-state index is -5.87. The van der Waals surface area contributed by atoms with Crippen molar-refractivity contribution in [3.05, 3.63) is 212 Å². The third kappa shape index (κ3) is 6.37. The number of benzene rings is 6. The van der Waals surface area contributed by atoms with Crippen LogP contribution in [0.1, 0.15) is 49.9 Å². The third-order valence-corrected chi connectivity index (χ3v) is 25.5. The van der Waals surface area contributed by atoms with Gasteiger partial charge in [-0.1, -0.05) is 109 Å². The van der Waals surface area contributed by atoms with E-state index in [9.17, 15) is 9.46 Å². The Kier molecular flexibility index (Phi) is 10.6. The van der Waals surface area contributed by atoms with E-state index in [1.165, 1.54) is 52.0 Å². The molecule has 21 heteroatoms. The molecule has 422 valence electrons. The minimum Gasteiger partial charge on any atom is -0.394 e. The van der Waals surface area contributed by atoms with Gasteiger partial charge in [-0.3, -0.25) is 4.89 Å². The molecule has 0 aromatic heterocycles. The second kappa shape index (κ2) is 16.3. The zero-order valence-corrected chi connectivity index (χ0v) is 47.3. The maximum atomic E-state index is 16.7. The SMILES string of the molecule is C[C@@]12SC(c3ccccc3)=CC1=C1C(=C3C=C(c4cc5ccccc5c5c4OP(=O)(O)Oc4c(C6=CC7=C8C(=C9C=C(c%10ccccc%10)S[C@@]9(C)[C@]7(C)S6)C(F)(F)C(F)(F)C8(F)F)cc6ccccc6c4-5)S[C@]32C)C(F)(F)C(F)(F)C1(F)F. The Morgan fingerprint density at radius 2 is 0.675 bits per heavy atom. The molecule has 4 aliphatic carbocycles. The van der Waals surface area contributed by atoms with Gasteiger partial charge in [0.2, 0.25) is 0 Å². The van der Waals surface area contributed by atoms with Crippen LogP contribution >= 0.6 is 54.9 Å². The molecule has 0 bridgehead atoms. The average Bonchev–Trinajstić information content (AvgIpc) is 1.67. The van der Waals surface area contributed by atoms with Crippen LogP contribution in [0.15, 0.2) is 190 Å². The number of rotatable bonds is 4. The first-order valence-electron chi connectivity index (χ1n) is 25.7. The number of allylic oxidation sites excluding steroid dienone is 8. The van der Waals surface area contributed by atoms with Gasteiger partial charge >= 0.3 is 43.4 Å². The molecular formula is C62H37F12O4PS4. The summed E-state index contributed by atoms with van der Waals surface area (Å²) in [5.74, 6) is -34.0. The van der Waals surface area contributed by atoms with Crippen LogP contribution in [0, 0.1) is 0 Å². The topological polar surface area (TPSA) is 55.8 Å². The Hall–Kier alpha value is -5.89. The highest BCUT2D eigenvalue weighted by Gasteiger charge is 2.86. The van der Waals surface area contributed by atoms with Crippen molar-refractivity contribution in [2.24, 2.45) is 0 Å². The zero-order chi connectivity index (χ0) is 58.6. The molecule has 5 heterocycles. The van der Waals surface area contributed by atoms with Crippen LogP contribution in [-0.2, 0) is 4.57 Å². The number of hydrogen-bond acceptors (Lipinski definition) is 7. The maximum Gasteiger partial charge on any atom is 0.584 e. The van der Waals surface area contributed by atoms with Crippen molar-refractivity contribution < 1.29 is 71.2 Å². The molecule has 4 atom stereocenters. The van der Waals surface area contributed by atoms with E-state index in [1.54, 1.807) is 109 Å². The van der Waals surface area contributed by atoms with Gasteiger partial charge in [0.1, 0.15) is 11.5 Å². The number of fused-ring (bicyclic) bond motifs is 15. The average molecular weight is 1230 g/mol. The van der Waals surface area contributed by atoms with Crippen molar-refractivity contribution in [3.63, 3.8) is 0 Å². The standard InChI is InChI=1S/C62H37F12O4PS4/c1-53-37(25-41(80-53)29-15-7-5-8-16-29)47-49(59(67,68)61(71,72)57(47,63)64)39-27-43(82-55(39,53)3)35-23-31-19-11-13-21-33(31)45-46-34-22-14-12-20-32(34)24-36(52(46)78-79(75,76)77-51(35)45)44-28-40-50-48(58(65,66)62(73,74)60(50,69)70)38-26-42(30-17-9-6-10-18-30)81-54(38,2)56(40,4)83-44/h5-28H,1-4H3,(H,75,76)/t53-,54-,55-,56-/m1/s1. The number of alkyl halides is 12. The Bertz CT molecular complexity index is 4140. The van der Waals surface area contributed by atoms with Gasteiger partial charge in [0.15, 0.2) is 0 Å². The molecule has 2 fully saturated rings. The highest BCUT2D eigenvalue weighted by molar-refractivity contribution is 8.14. The first kappa shape index (κ1) is 53.8. The number of phosphoric ester groups is 1. The molecule has 6 aromatic rings. The fraction of sp³-hybridized carbons (Fsp3) is 0.226. The highest BCUT2D eigenvalue weighted by atomic mass is 32.2. The maximum absolute atomic E-state index is 16.7. The second-order valence-electron chi connectivity index (χ2n) is 22.3. The number of halogens is 12. The monoisotopic (exact) mass is 1230 g/mol. The fourth-order valence-corrected chi connectivity index (χ4v) is 20.7. The number of thioether (sulfide) groups is 4. The first-order chi connectivity index (χ1) is 38.9. The zero-order valence-electron chi connectivity index (χ0n) is 43.1. The summed E-state index contributed by atoms with van der Waals surface area (Å²) in [5, 5.41) is 1.50. The fourth-order valence-electron chi connectivity index (χ4n) is 13.5. The van der Waals surface area contributed by atoms with Gasteiger partial charge in [-0.2, -0.15) is 52.7 Å². The summed E-state index contributed by atoms with van der Waals surface area (Å²) in [6.45, 7) is 6.08. The number of hydrogen-bond donors (Lipinski definition) is 1. The molecule has 1 N–H and O–H groups in total. The Balaban J connectivity index is 0.968. The van der Waals surface area contributed by atoms with Crippen molar-refractivity contribution in [2.45, 2.75) is 82.2 Å². The van der Waals surface area contributed by atoms with Gasteiger partial charge < -0.3 is 9.05 Å². The predicted octanol–water partition coefficient (Wildman–Crippen LogP) is 19.4. The lowest BCUT2D eigenvalue weighted by Crippen LogP contribution is -2.48. The Morgan fingerprint density at radius 3 is 1.00 bits per heavy atom. The molecule has 15 rings (SSSR count). The molecule has 0 unspecified atom stereocenters. The van der Waals surface area contributed by atoms with Crippen LogP contribution in [0.2, 0.25) is 0 Å². The summed E-state index contributed by atoms with van der Waals surface area (Å²) in [5.41, 5.74) is -6.89. The van der Waals surface area contributed by atoms with Crippen molar-refractivity contribution in [1.82, 2.24) is 0 Å². The van der Waals surface area contributed by atoms with E-state index in [-0.39, 0.29) is 43.6 Å². The van der Waals surface area contributed by atoms with Crippen LogP contribution in [0.25, 0.3) is 52.3 Å². The lowest BCUT2D eigenvalue weighted by atomic mass is 9.71. The molecule has 0 saturated heterocycles. The molecule has 6 aromatic carbocycles. The molecule has 4 nitrogen and oxygen atoms in total. The summed E-state index contributed by atoms with van der Waals surface area (Å²) < 4.78 is 217. The van der Waals surface area contributed by atoms with E-state index in [0.717, 1.165) is 59.2 Å². The summed E-state index contributed by atoms with van der Waals surface area (Å²) in [7, 11) is -5.55. The van der Waals surface area contributed by atoms with Gasteiger partial charge in [-0.05, 0) is 119 Å². The van der Waals surface area contributed by atoms with Crippen LogP contribution < -0.4 is 9.05 Å². The molecule has 0 amide bonds. The summed E-state index contributed by atoms with van der Waals surface area (Å²) in [6.07, 6.45) is 4.79. The molecule has 5 aliphatic heterocycles. The van der Waals surface area contributed by atoms with Crippen LogP contribution in [0.3, 0.4) is 0 Å². The second-order valence-corrected chi connectivity index (χ2v) is 29.4. The largest absolute Gasteiger partial charge is 0.584 e. The third-order valence-electron chi connectivity index (χ3n) is 18.0. The van der Waals surface area contributed by atoms with E-state index in [0.29, 0.717) is 42.5 Å². The molecule has 2 saturated carbocycles. The smallest absolute Gasteiger partial charge is 0.394 e. The number of phosphoric acid groups is 1. The van der Waals surface area contributed by atoms with Crippen molar-refractivity contribution in [2.75, 3.05) is 0 Å². The first-order valence-corrected chi connectivity index (χ1v) is 30.5. The Morgan fingerprint density at radius 1 is 0.398 bits per heavy atom.